The Labute approximate surface area is 172 Å². The molecule has 2 aliphatic heterocycles. The van der Waals surface area contributed by atoms with Crippen molar-refractivity contribution in [3.05, 3.63) is 108 Å². The van der Waals surface area contributed by atoms with Gasteiger partial charge in [0.25, 0.3) is 0 Å². The molecule has 0 saturated carbocycles. The van der Waals surface area contributed by atoms with Gasteiger partial charge in [0.15, 0.2) is 0 Å². The molecule has 0 aromatic heterocycles. The Morgan fingerprint density at radius 3 is 1.83 bits per heavy atom. The van der Waals surface area contributed by atoms with E-state index in [1.54, 1.807) is 0 Å². The number of hydrogen-bond donors (Lipinski definition) is 0. The Balaban J connectivity index is 1.60. The number of carbonyl (C=O) groups is 1. The first-order chi connectivity index (χ1) is 14.1. The molecular formula is C26H26N2O. The van der Waals surface area contributed by atoms with Crippen LogP contribution < -0.4 is 0 Å². The van der Waals surface area contributed by atoms with Crippen molar-refractivity contribution in [2.75, 3.05) is 0 Å². The van der Waals surface area contributed by atoms with Crippen LogP contribution in [0.25, 0.3) is 0 Å². The molecule has 29 heavy (non-hydrogen) atoms. The van der Waals surface area contributed by atoms with Gasteiger partial charge in [0, 0.05) is 13.1 Å². The highest BCUT2D eigenvalue weighted by molar-refractivity contribution is 5.92. The molecule has 3 aromatic carbocycles. The number of hydrogen-bond acceptors (Lipinski definition) is 2. The number of nitrogens with zero attached hydrogens (tertiary/aromatic N) is 2. The average Bonchev–Trinajstić information content (AvgIpc) is 3.15. The van der Waals surface area contributed by atoms with Gasteiger partial charge in [-0.15, -0.1) is 0 Å². The summed E-state index contributed by atoms with van der Waals surface area (Å²) in [6.07, 6.45) is 1.85. The van der Waals surface area contributed by atoms with E-state index >= 15 is 0 Å². The molecule has 3 nitrogen and oxygen atoms in total. The van der Waals surface area contributed by atoms with Crippen molar-refractivity contribution in [2.24, 2.45) is 0 Å². The quantitative estimate of drug-likeness (QED) is 0.624. The van der Waals surface area contributed by atoms with E-state index in [0.717, 1.165) is 24.9 Å². The summed E-state index contributed by atoms with van der Waals surface area (Å²) in [7, 11) is 0. The van der Waals surface area contributed by atoms with E-state index in [9.17, 15) is 4.79 Å². The lowest BCUT2D eigenvalue weighted by Crippen LogP contribution is -2.49. The van der Waals surface area contributed by atoms with Crippen LogP contribution >= 0.6 is 0 Å². The van der Waals surface area contributed by atoms with Gasteiger partial charge in [0.1, 0.15) is 5.54 Å². The van der Waals surface area contributed by atoms with Gasteiger partial charge in [-0.2, -0.15) is 0 Å². The van der Waals surface area contributed by atoms with Crippen molar-refractivity contribution in [1.82, 2.24) is 9.80 Å². The van der Waals surface area contributed by atoms with Gasteiger partial charge in [-0.05, 0) is 36.5 Å². The third kappa shape index (κ3) is 2.72. The summed E-state index contributed by atoms with van der Waals surface area (Å²) in [5.74, 6) is 0.234. The van der Waals surface area contributed by atoms with E-state index in [0.29, 0.717) is 6.54 Å². The minimum atomic E-state index is -0.583. The van der Waals surface area contributed by atoms with Crippen LogP contribution in [-0.2, 0) is 23.4 Å². The molecule has 2 bridgehead atoms. The SMILES string of the molecule is C[C@@]12CC[C@@](c3ccccc3)(C(=O)N1Cc1ccccc1)N2Cc1ccccc1. The Morgan fingerprint density at radius 2 is 1.24 bits per heavy atom. The summed E-state index contributed by atoms with van der Waals surface area (Å²) < 4.78 is 0. The average molecular weight is 383 g/mol. The summed E-state index contributed by atoms with van der Waals surface area (Å²) in [6.45, 7) is 3.66. The highest BCUT2D eigenvalue weighted by Gasteiger charge is 2.68. The standard InChI is InChI=1S/C26H26N2O/c1-25-17-18-26(23-15-9-4-10-16-23,28(25)20-22-13-7-3-8-14-22)24(29)27(25)19-21-11-5-2-6-12-21/h2-16H,17-20H2,1H3/t25-,26-/m1/s1. The Hall–Kier alpha value is -2.91. The number of amides is 1. The van der Waals surface area contributed by atoms with E-state index in [-0.39, 0.29) is 11.6 Å². The van der Waals surface area contributed by atoms with Gasteiger partial charge in [0.05, 0.1) is 5.66 Å². The maximum absolute atomic E-state index is 14.0. The second kappa shape index (κ2) is 6.85. The van der Waals surface area contributed by atoms with Crippen LogP contribution in [0, 0.1) is 0 Å². The molecule has 5 rings (SSSR count). The molecule has 0 unspecified atom stereocenters. The lowest BCUT2D eigenvalue weighted by molar-refractivity contribution is -0.138. The summed E-state index contributed by atoms with van der Waals surface area (Å²) in [5, 5.41) is 0. The predicted octanol–water partition coefficient (Wildman–Crippen LogP) is 4.94. The lowest BCUT2D eigenvalue weighted by atomic mass is 9.84. The summed E-state index contributed by atoms with van der Waals surface area (Å²) >= 11 is 0. The maximum atomic E-state index is 14.0. The summed E-state index contributed by atoms with van der Waals surface area (Å²) in [4.78, 5) is 18.6. The van der Waals surface area contributed by atoms with Gasteiger partial charge in [-0.25, -0.2) is 0 Å². The third-order valence-electron chi connectivity index (χ3n) is 6.80. The van der Waals surface area contributed by atoms with Crippen LogP contribution in [-0.4, -0.2) is 21.4 Å². The molecule has 2 saturated heterocycles. The second-order valence-corrected chi connectivity index (χ2v) is 8.39. The van der Waals surface area contributed by atoms with Crippen LogP contribution in [0.2, 0.25) is 0 Å². The van der Waals surface area contributed by atoms with Crippen LogP contribution in [0.4, 0.5) is 0 Å². The number of carbonyl (C=O) groups excluding carboxylic acids is 1. The monoisotopic (exact) mass is 382 g/mol. The van der Waals surface area contributed by atoms with Gasteiger partial charge in [0.2, 0.25) is 5.91 Å². The summed E-state index contributed by atoms with van der Waals surface area (Å²) in [6, 6.07) is 31.2. The fraction of sp³-hybridized carbons (Fsp3) is 0.269. The van der Waals surface area contributed by atoms with E-state index in [4.69, 9.17) is 0 Å². The smallest absolute Gasteiger partial charge is 0.249 e. The maximum Gasteiger partial charge on any atom is 0.249 e. The van der Waals surface area contributed by atoms with Crippen molar-refractivity contribution >= 4 is 5.91 Å². The predicted molar refractivity (Wildman–Crippen MR) is 115 cm³/mol. The minimum absolute atomic E-state index is 0.234. The minimum Gasteiger partial charge on any atom is -0.318 e. The van der Waals surface area contributed by atoms with Crippen molar-refractivity contribution < 1.29 is 4.79 Å². The van der Waals surface area contributed by atoms with E-state index in [1.807, 2.05) is 42.5 Å². The van der Waals surface area contributed by atoms with Gasteiger partial charge in [-0.1, -0.05) is 91.0 Å². The van der Waals surface area contributed by atoms with Crippen molar-refractivity contribution in [2.45, 2.75) is 44.1 Å². The molecule has 2 fully saturated rings. The highest BCUT2D eigenvalue weighted by Crippen LogP contribution is 2.57. The van der Waals surface area contributed by atoms with Crippen LogP contribution in [0.5, 0.6) is 0 Å². The number of benzene rings is 3. The number of piperidine rings is 1. The first kappa shape index (κ1) is 18.1. The third-order valence-corrected chi connectivity index (χ3v) is 6.80. The molecule has 0 N–H and O–H groups in total. The molecule has 0 radical (unpaired) electrons. The van der Waals surface area contributed by atoms with Crippen LogP contribution in [0.1, 0.15) is 36.5 Å². The molecule has 0 spiro atoms. The molecule has 2 atom stereocenters. The van der Waals surface area contributed by atoms with E-state index in [2.05, 4.69) is 65.3 Å². The molecule has 3 aromatic rings. The molecule has 2 aliphatic rings. The number of likely N-dealkylation sites (tertiary alicyclic amines) is 1. The van der Waals surface area contributed by atoms with Gasteiger partial charge >= 0.3 is 0 Å². The van der Waals surface area contributed by atoms with Crippen molar-refractivity contribution in [3.63, 3.8) is 0 Å². The molecule has 146 valence electrons. The molecule has 2 heterocycles. The zero-order valence-corrected chi connectivity index (χ0v) is 16.8. The van der Waals surface area contributed by atoms with Crippen molar-refractivity contribution in [1.29, 1.82) is 0 Å². The summed E-state index contributed by atoms with van der Waals surface area (Å²) in [5.41, 5.74) is 2.66. The fourth-order valence-electron chi connectivity index (χ4n) is 5.26. The topological polar surface area (TPSA) is 23.6 Å². The molecule has 1 amide bonds. The highest BCUT2D eigenvalue weighted by atomic mass is 16.2. The molecule has 3 heteroatoms. The zero-order valence-electron chi connectivity index (χ0n) is 16.8. The number of rotatable bonds is 5. The Morgan fingerprint density at radius 1 is 0.724 bits per heavy atom. The van der Waals surface area contributed by atoms with Crippen LogP contribution in [0.3, 0.4) is 0 Å². The normalized spacial score (nSPS) is 26.2. The largest absolute Gasteiger partial charge is 0.318 e. The van der Waals surface area contributed by atoms with Gasteiger partial charge < -0.3 is 4.90 Å². The second-order valence-electron chi connectivity index (χ2n) is 8.39. The lowest BCUT2D eigenvalue weighted by Gasteiger charge is -2.39. The molecular weight excluding hydrogens is 356 g/mol. The van der Waals surface area contributed by atoms with Crippen molar-refractivity contribution in [3.8, 4) is 0 Å². The molecule has 0 aliphatic carbocycles. The van der Waals surface area contributed by atoms with Gasteiger partial charge in [-0.3, -0.25) is 9.69 Å². The fourth-order valence-corrected chi connectivity index (χ4v) is 5.26. The first-order valence-corrected chi connectivity index (χ1v) is 10.4. The van der Waals surface area contributed by atoms with Crippen LogP contribution in [0.15, 0.2) is 91.0 Å². The number of fused-ring (bicyclic) bond motifs is 2. The van der Waals surface area contributed by atoms with E-state index < -0.39 is 5.54 Å². The Kier molecular flexibility index (Phi) is 4.29. The Bertz CT molecular complexity index is 1000. The zero-order chi connectivity index (χ0) is 19.9. The van der Waals surface area contributed by atoms with E-state index in [1.165, 1.54) is 11.1 Å². The first-order valence-electron chi connectivity index (χ1n) is 10.4.